The summed E-state index contributed by atoms with van der Waals surface area (Å²) in [5.41, 5.74) is 0.804. The van der Waals surface area contributed by atoms with Crippen molar-refractivity contribution in [2.45, 2.75) is 25.4 Å². The van der Waals surface area contributed by atoms with Crippen molar-refractivity contribution in [2.24, 2.45) is 0 Å². The average Bonchev–Trinajstić information content (AvgIpc) is 2.29. The van der Waals surface area contributed by atoms with Gasteiger partial charge >= 0.3 is 0 Å². The first kappa shape index (κ1) is 14.0. The molecule has 6 heteroatoms. The highest BCUT2D eigenvalue weighted by Crippen LogP contribution is 2.19. The summed E-state index contributed by atoms with van der Waals surface area (Å²) in [5.74, 6) is 0.181. The molecule has 1 aromatic rings. The monoisotopic (exact) mass is 335 g/mol. The molecule has 1 heterocycles. The van der Waals surface area contributed by atoms with Crippen LogP contribution < -0.4 is 5.32 Å². The first-order chi connectivity index (χ1) is 8.46. The fraction of sp³-hybridized carbons (Fsp3) is 0.500. The van der Waals surface area contributed by atoms with E-state index in [0.717, 1.165) is 16.5 Å². The largest absolute Gasteiger partial charge is 0.309 e. The summed E-state index contributed by atoms with van der Waals surface area (Å²) >= 11 is 3.35. The number of sulfone groups is 1. The Morgan fingerprint density at radius 3 is 2.94 bits per heavy atom. The number of hydrogen-bond acceptors (Lipinski definition) is 3. The van der Waals surface area contributed by atoms with Gasteiger partial charge in [-0.25, -0.2) is 12.8 Å². The van der Waals surface area contributed by atoms with Gasteiger partial charge in [0.2, 0.25) is 0 Å². The Bertz CT molecular complexity index is 533. The highest BCUT2D eigenvalue weighted by Gasteiger charge is 2.24. The van der Waals surface area contributed by atoms with E-state index >= 15 is 0 Å². The lowest BCUT2D eigenvalue weighted by atomic mass is 10.1. The van der Waals surface area contributed by atoms with Crippen molar-refractivity contribution in [3.8, 4) is 0 Å². The van der Waals surface area contributed by atoms with Crippen molar-refractivity contribution < 1.29 is 12.8 Å². The van der Waals surface area contributed by atoms with E-state index in [1.807, 2.05) is 0 Å². The Balaban J connectivity index is 1.97. The van der Waals surface area contributed by atoms with E-state index in [9.17, 15) is 12.8 Å². The van der Waals surface area contributed by atoms with Gasteiger partial charge in [-0.15, -0.1) is 0 Å². The number of halogens is 2. The highest BCUT2D eigenvalue weighted by atomic mass is 79.9. The molecule has 1 N–H and O–H groups in total. The van der Waals surface area contributed by atoms with Crippen LogP contribution in [-0.2, 0) is 16.4 Å². The minimum absolute atomic E-state index is 0.0288. The van der Waals surface area contributed by atoms with E-state index in [4.69, 9.17) is 0 Å². The topological polar surface area (TPSA) is 46.2 Å². The summed E-state index contributed by atoms with van der Waals surface area (Å²) in [6, 6.07) is 4.47. The van der Waals surface area contributed by atoms with Crippen LogP contribution in [0.25, 0.3) is 0 Å². The number of nitrogens with one attached hydrogen (secondary N) is 1. The molecular weight excluding hydrogens is 321 g/mol. The van der Waals surface area contributed by atoms with Gasteiger partial charge in [0.25, 0.3) is 0 Å². The molecule has 1 saturated heterocycles. The molecule has 0 aromatic heterocycles. The van der Waals surface area contributed by atoms with Crippen LogP contribution in [0.4, 0.5) is 4.39 Å². The molecule has 3 nitrogen and oxygen atoms in total. The van der Waals surface area contributed by atoms with Crippen molar-refractivity contribution in [1.82, 2.24) is 5.32 Å². The van der Waals surface area contributed by atoms with Crippen LogP contribution in [0.3, 0.4) is 0 Å². The normalized spacial score (nSPS) is 22.9. The van der Waals surface area contributed by atoms with Gasteiger partial charge in [0.15, 0.2) is 9.84 Å². The van der Waals surface area contributed by atoms with Crippen LogP contribution in [0.15, 0.2) is 22.7 Å². The van der Waals surface area contributed by atoms with Gasteiger partial charge < -0.3 is 5.32 Å². The molecule has 18 heavy (non-hydrogen) atoms. The first-order valence-electron chi connectivity index (χ1n) is 5.84. The van der Waals surface area contributed by atoms with Gasteiger partial charge in [0.05, 0.1) is 11.5 Å². The minimum Gasteiger partial charge on any atom is -0.309 e. The summed E-state index contributed by atoms with van der Waals surface area (Å²) in [6.45, 7) is 0.471. The van der Waals surface area contributed by atoms with Crippen molar-refractivity contribution in [2.75, 3.05) is 11.5 Å². The van der Waals surface area contributed by atoms with Gasteiger partial charge in [-0.05, 0) is 36.6 Å². The number of benzene rings is 1. The summed E-state index contributed by atoms with van der Waals surface area (Å²) in [7, 11) is -2.90. The predicted molar refractivity (Wildman–Crippen MR) is 72.6 cm³/mol. The molecule has 1 fully saturated rings. The van der Waals surface area contributed by atoms with Crippen molar-refractivity contribution >= 4 is 25.8 Å². The molecular formula is C12H15BrFNO2S. The Morgan fingerprint density at radius 1 is 1.44 bits per heavy atom. The SMILES string of the molecule is O=S1(=O)CCCC(NCc2cc(F)ccc2Br)C1. The molecule has 100 valence electrons. The molecule has 1 aliphatic heterocycles. The van der Waals surface area contributed by atoms with E-state index in [0.29, 0.717) is 13.0 Å². The van der Waals surface area contributed by atoms with Crippen LogP contribution in [0.1, 0.15) is 18.4 Å². The average molecular weight is 336 g/mol. The Labute approximate surface area is 115 Å². The minimum atomic E-state index is -2.90. The molecule has 1 atom stereocenters. The zero-order valence-electron chi connectivity index (χ0n) is 9.83. The lowest BCUT2D eigenvalue weighted by Gasteiger charge is -2.23. The number of hydrogen-bond donors (Lipinski definition) is 1. The fourth-order valence-electron chi connectivity index (χ4n) is 2.12. The van der Waals surface area contributed by atoms with E-state index in [-0.39, 0.29) is 23.4 Å². The Hall–Kier alpha value is -0.460. The quantitative estimate of drug-likeness (QED) is 0.921. The third-order valence-corrected chi connectivity index (χ3v) is 5.65. The zero-order chi connectivity index (χ0) is 13.2. The van der Waals surface area contributed by atoms with E-state index < -0.39 is 9.84 Å². The molecule has 1 unspecified atom stereocenters. The fourth-order valence-corrected chi connectivity index (χ4v) is 4.17. The second-order valence-corrected chi connectivity index (χ2v) is 7.65. The molecule has 0 aliphatic carbocycles. The van der Waals surface area contributed by atoms with Crippen LogP contribution >= 0.6 is 15.9 Å². The van der Waals surface area contributed by atoms with Gasteiger partial charge in [-0.1, -0.05) is 15.9 Å². The lowest BCUT2D eigenvalue weighted by Crippen LogP contribution is -2.39. The van der Waals surface area contributed by atoms with E-state index in [2.05, 4.69) is 21.2 Å². The van der Waals surface area contributed by atoms with Crippen LogP contribution in [-0.4, -0.2) is 26.0 Å². The summed E-state index contributed by atoms with van der Waals surface area (Å²) in [4.78, 5) is 0. The van der Waals surface area contributed by atoms with Crippen LogP contribution in [0, 0.1) is 5.82 Å². The summed E-state index contributed by atoms with van der Waals surface area (Å²) in [5, 5.41) is 3.19. The van der Waals surface area contributed by atoms with Gasteiger partial charge in [-0.3, -0.25) is 0 Å². The molecule has 0 amide bonds. The van der Waals surface area contributed by atoms with Gasteiger partial charge in [-0.2, -0.15) is 0 Å². The molecule has 0 spiro atoms. The summed E-state index contributed by atoms with van der Waals surface area (Å²) in [6.07, 6.45) is 1.55. The molecule has 1 aromatic carbocycles. The molecule has 1 aliphatic rings. The van der Waals surface area contributed by atoms with E-state index in [1.54, 1.807) is 6.07 Å². The maximum Gasteiger partial charge on any atom is 0.151 e. The Kier molecular flexibility index (Phi) is 4.40. The van der Waals surface area contributed by atoms with Gasteiger partial charge in [0, 0.05) is 17.1 Å². The second kappa shape index (κ2) is 5.67. The molecule has 0 saturated carbocycles. The Morgan fingerprint density at radius 2 is 2.22 bits per heavy atom. The first-order valence-corrected chi connectivity index (χ1v) is 8.45. The highest BCUT2D eigenvalue weighted by molar-refractivity contribution is 9.10. The number of rotatable bonds is 3. The standard InChI is InChI=1S/C12H15BrFNO2S/c13-12-4-3-10(14)6-9(12)7-15-11-2-1-5-18(16,17)8-11/h3-4,6,11,15H,1-2,5,7-8H2. The van der Waals surface area contributed by atoms with E-state index in [1.165, 1.54) is 12.1 Å². The van der Waals surface area contributed by atoms with Gasteiger partial charge in [0.1, 0.15) is 5.82 Å². The molecule has 0 bridgehead atoms. The predicted octanol–water partition coefficient (Wildman–Crippen LogP) is 2.25. The lowest BCUT2D eigenvalue weighted by molar-refractivity contribution is 0.479. The smallest absolute Gasteiger partial charge is 0.151 e. The molecule has 2 rings (SSSR count). The van der Waals surface area contributed by atoms with Crippen LogP contribution in [0.5, 0.6) is 0 Å². The maximum absolute atomic E-state index is 13.1. The summed E-state index contributed by atoms with van der Waals surface area (Å²) < 4.78 is 36.9. The van der Waals surface area contributed by atoms with Crippen molar-refractivity contribution in [1.29, 1.82) is 0 Å². The van der Waals surface area contributed by atoms with Crippen LogP contribution in [0.2, 0.25) is 0 Å². The third kappa shape index (κ3) is 3.76. The maximum atomic E-state index is 13.1. The second-order valence-electron chi connectivity index (χ2n) is 4.57. The zero-order valence-corrected chi connectivity index (χ0v) is 12.2. The molecule has 0 radical (unpaired) electrons. The van der Waals surface area contributed by atoms with Crippen molar-refractivity contribution in [3.05, 3.63) is 34.1 Å². The van der Waals surface area contributed by atoms with Crippen molar-refractivity contribution in [3.63, 3.8) is 0 Å². The third-order valence-electron chi connectivity index (χ3n) is 3.05.